The highest BCUT2D eigenvalue weighted by molar-refractivity contribution is 5.94. The molecule has 1 saturated carbocycles. The number of benzene rings is 2. The summed E-state index contributed by atoms with van der Waals surface area (Å²) in [4.78, 5) is 32.6. The first-order valence-electron chi connectivity index (χ1n) is 15.1. The zero-order valence-electron chi connectivity index (χ0n) is 23.8. The number of likely N-dealkylation sites (tertiary alicyclic amines) is 1. The minimum Gasteiger partial charge on any atom is -0.508 e. The molecular weight excluding hydrogens is 514 g/mol. The van der Waals surface area contributed by atoms with Crippen molar-refractivity contribution in [2.24, 2.45) is 11.8 Å². The first kappa shape index (κ1) is 26.5. The third-order valence-corrected chi connectivity index (χ3v) is 10.5. The van der Waals surface area contributed by atoms with Crippen molar-refractivity contribution < 1.29 is 15.0 Å². The number of carbonyl (C=O) groups excluding carboxylic acids is 1. The summed E-state index contributed by atoms with van der Waals surface area (Å²) in [6.45, 7) is 6.57. The van der Waals surface area contributed by atoms with Gasteiger partial charge in [0, 0.05) is 30.1 Å². The minimum absolute atomic E-state index is 0.0969. The fourth-order valence-electron chi connectivity index (χ4n) is 8.14. The summed E-state index contributed by atoms with van der Waals surface area (Å²) in [5.41, 5.74) is 5.64. The Hall–Kier alpha value is -3.42. The van der Waals surface area contributed by atoms with E-state index in [0.29, 0.717) is 18.9 Å². The average Bonchev–Trinajstić information content (AvgIpc) is 3.72. The van der Waals surface area contributed by atoms with Crippen molar-refractivity contribution in [1.29, 1.82) is 0 Å². The normalized spacial score (nSPS) is 29.0. The number of aromatic amines is 1. The zero-order valence-corrected chi connectivity index (χ0v) is 23.8. The van der Waals surface area contributed by atoms with Crippen LogP contribution in [0.1, 0.15) is 76.1 Å². The lowest BCUT2D eigenvalue weighted by Gasteiger charge is -2.55. The molecular formula is C34H39N3O4. The monoisotopic (exact) mass is 553 g/mol. The Bertz CT molecular complexity index is 1580. The van der Waals surface area contributed by atoms with Crippen molar-refractivity contribution >= 4 is 5.91 Å². The molecule has 1 amide bonds. The maximum atomic E-state index is 13.5. The number of carbonyl (C=O) groups is 1. The topological polar surface area (TPSA) is 106 Å². The number of rotatable bonds is 5. The van der Waals surface area contributed by atoms with Crippen LogP contribution in [0.4, 0.5) is 0 Å². The number of amides is 1. The molecule has 41 heavy (non-hydrogen) atoms. The predicted molar refractivity (Wildman–Crippen MR) is 157 cm³/mol. The molecule has 4 N–H and O–H groups in total. The summed E-state index contributed by atoms with van der Waals surface area (Å²) in [6.07, 6.45) is 4.76. The molecule has 1 saturated heterocycles. The van der Waals surface area contributed by atoms with E-state index in [0.717, 1.165) is 59.8 Å². The van der Waals surface area contributed by atoms with Crippen molar-refractivity contribution in [2.45, 2.75) is 76.0 Å². The molecule has 7 nitrogen and oxygen atoms in total. The van der Waals surface area contributed by atoms with Gasteiger partial charge in [-0.15, -0.1) is 0 Å². The summed E-state index contributed by atoms with van der Waals surface area (Å²) in [5.74, 6) is 0.885. The van der Waals surface area contributed by atoms with Crippen LogP contribution in [0.3, 0.4) is 0 Å². The van der Waals surface area contributed by atoms with E-state index in [9.17, 15) is 19.8 Å². The summed E-state index contributed by atoms with van der Waals surface area (Å²) >= 11 is 0. The maximum Gasteiger partial charge on any atom is 0.261 e. The van der Waals surface area contributed by atoms with Gasteiger partial charge in [-0.3, -0.25) is 9.59 Å². The van der Waals surface area contributed by atoms with Gasteiger partial charge in [-0.1, -0.05) is 30.3 Å². The van der Waals surface area contributed by atoms with Gasteiger partial charge in [0.1, 0.15) is 11.3 Å². The van der Waals surface area contributed by atoms with Gasteiger partial charge in [0.15, 0.2) is 0 Å². The molecule has 0 bridgehead atoms. The van der Waals surface area contributed by atoms with E-state index in [1.807, 2.05) is 36.4 Å². The summed E-state index contributed by atoms with van der Waals surface area (Å²) < 4.78 is 0. The van der Waals surface area contributed by atoms with Gasteiger partial charge >= 0.3 is 0 Å². The van der Waals surface area contributed by atoms with Gasteiger partial charge in [-0.2, -0.15) is 0 Å². The van der Waals surface area contributed by atoms with E-state index in [1.54, 1.807) is 12.1 Å². The van der Waals surface area contributed by atoms with E-state index < -0.39 is 23.6 Å². The Morgan fingerprint density at radius 2 is 1.93 bits per heavy atom. The maximum absolute atomic E-state index is 13.5. The van der Waals surface area contributed by atoms with E-state index in [-0.39, 0.29) is 22.6 Å². The number of aliphatic hydroxyl groups excluding tert-OH is 1. The van der Waals surface area contributed by atoms with E-state index in [4.69, 9.17) is 0 Å². The molecule has 214 valence electrons. The number of phenolic OH excluding ortho intramolecular Hbond substituents is 1. The Morgan fingerprint density at radius 1 is 1.12 bits per heavy atom. The molecule has 7 rings (SSSR count). The SMILES string of the molecule is Cc1ccc(O)cc1C12CCN(CC3CC3)C(C)C1Cc1cc(C(=O)NC3c4ccccc4CC3O)c(=O)[nH]c1C2. The van der Waals surface area contributed by atoms with Gasteiger partial charge in [-0.25, -0.2) is 0 Å². The molecule has 4 aliphatic rings. The van der Waals surface area contributed by atoms with Crippen LogP contribution in [-0.4, -0.2) is 51.2 Å². The Balaban J connectivity index is 1.24. The van der Waals surface area contributed by atoms with Crippen LogP contribution in [0.25, 0.3) is 0 Å². The second-order valence-electron chi connectivity index (χ2n) is 13.0. The third kappa shape index (κ3) is 4.50. The quantitative estimate of drug-likeness (QED) is 0.383. The zero-order chi connectivity index (χ0) is 28.5. The lowest BCUT2D eigenvalue weighted by molar-refractivity contribution is 0.0246. The summed E-state index contributed by atoms with van der Waals surface area (Å²) in [5, 5.41) is 24.1. The molecule has 5 atom stereocenters. The van der Waals surface area contributed by atoms with E-state index >= 15 is 0 Å². The molecule has 1 aromatic heterocycles. The van der Waals surface area contributed by atoms with Crippen molar-refractivity contribution in [3.63, 3.8) is 0 Å². The fourth-order valence-corrected chi connectivity index (χ4v) is 8.14. The van der Waals surface area contributed by atoms with Crippen LogP contribution >= 0.6 is 0 Å². The molecule has 1 aliphatic heterocycles. The molecule has 5 unspecified atom stereocenters. The molecule has 2 heterocycles. The Morgan fingerprint density at radius 3 is 2.73 bits per heavy atom. The number of nitrogens with zero attached hydrogens (tertiary/aromatic N) is 1. The number of hydrogen-bond acceptors (Lipinski definition) is 5. The van der Waals surface area contributed by atoms with Crippen LogP contribution in [0.5, 0.6) is 5.75 Å². The molecule has 0 spiro atoms. The molecule has 0 radical (unpaired) electrons. The molecule has 7 heteroatoms. The first-order valence-corrected chi connectivity index (χ1v) is 15.1. The van der Waals surface area contributed by atoms with Gasteiger partial charge in [0.2, 0.25) is 0 Å². The fraction of sp³-hybridized carbons (Fsp3) is 0.471. The molecule has 3 aromatic rings. The van der Waals surface area contributed by atoms with Crippen LogP contribution in [0, 0.1) is 18.8 Å². The lowest BCUT2D eigenvalue weighted by Crippen LogP contribution is -2.59. The number of phenols is 1. The minimum atomic E-state index is -0.722. The standard InChI is InChI=1S/C34H39N3O4/c1-19-7-10-24(38)16-27(19)34-11-12-37(18-21-8-9-21)20(2)28(34)14-23-13-26(32(40)35-29(23)17-34)33(41)36-31-25-6-4-3-5-22(25)15-30(31)39/h3-7,10,13,16,20-21,28,30-31,38-39H,8-9,11-12,14-15,17-18H2,1-2H3,(H,35,40)(H,36,41). The second kappa shape index (κ2) is 9.85. The number of hydrogen-bond donors (Lipinski definition) is 4. The van der Waals surface area contributed by atoms with Gasteiger partial charge in [0.25, 0.3) is 11.5 Å². The van der Waals surface area contributed by atoms with Gasteiger partial charge in [-0.05, 0) is 110 Å². The highest BCUT2D eigenvalue weighted by atomic mass is 16.3. The number of H-pyrrole nitrogens is 1. The number of piperidine rings is 1. The number of aromatic nitrogens is 1. The van der Waals surface area contributed by atoms with E-state index in [2.05, 4.69) is 29.0 Å². The highest BCUT2D eigenvalue weighted by Gasteiger charge is 2.52. The van der Waals surface area contributed by atoms with Crippen LogP contribution in [0.2, 0.25) is 0 Å². The van der Waals surface area contributed by atoms with Crippen LogP contribution in [0.15, 0.2) is 53.3 Å². The first-order chi connectivity index (χ1) is 19.7. The number of pyridine rings is 1. The second-order valence-corrected chi connectivity index (χ2v) is 13.0. The van der Waals surface area contributed by atoms with Crippen molar-refractivity contribution in [1.82, 2.24) is 15.2 Å². The summed E-state index contributed by atoms with van der Waals surface area (Å²) in [7, 11) is 0. The smallest absolute Gasteiger partial charge is 0.261 e. The van der Waals surface area contributed by atoms with Gasteiger partial charge < -0.3 is 25.4 Å². The molecule has 2 aromatic carbocycles. The number of aliphatic hydroxyl groups is 1. The van der Waals surface area contributed by atoms with Crippen LogP contribution in [-0.2, 0) is 24.7 Å². The van der Waals surface area contributed by atoms with Crippen molar-refractivity contribution in [2.75, 3.05) is 13.1 Å². The number of nitrogens with one attached hydrogen (secondary N) is 2. The predicted octanol–water partition coefficient (Wildman–Crippen LogP) is 3.93. The number of fused-ring (bicyclic) bond motifs is 3. The Labute approximate surface area is 240 Å². The largest absolute Gasteiger partial charge is 0.508 e. The lowest BCUT2D eigenvalue weighted by atomic mass is 9.55. The van der Waals surface area contributed by atoms with Crippen LogP contribution < -0.4 is 10.9 Å². The highest BCUT2D eigenvalue weighted by Crippen LogP contribution is 2.51. The van der Waals surface area contributed by atoms with E-state index in [1.165, 1.54) is 18.4 Å². The number of aryl methyl sites for hydroxylation is 1. The molecule has 3 aliphatic carbocycles. The number of aromatic hydroxyl groups is 1. The Kier molecular flexibility index (Phi) is 6.36. The summed E-state index contributed by atoms with van der Waals surface area (Å²) in [6, 6.07) is 15.0. The van der Waals surface area contributed by atoms with Crippen molar-refractivity contribution in [3.8, 4) is 5.75 Å². The van der Waals surface area contributed by atoms with Crippen molar-refractivity contribution in [3.05, 3.63) is 98.0 Å². The average molecular weight is 554 g/mol. The third-order valence-electron chi connectivity index (χ3n) is 10.5. The van der Waals surface area contributed by atoms with Gasteiger partial charge in [0.05, 0.1) is 12.1 Å². The molecule has 2 fully saturated rings.